The Morgan fingerprint density at radius 1 is 1.03 bits per heavy atom. The smallest absolute Gasteiger partial charge is 0.262 e. The Labute approximate surface area is 191 Å². The molecule has 0 saturated carbocycles. The highest BCUT2D eigenvalue weighted by Crippen LogP contribution is 2.24. The molecule has 0 unspecified atom stereocenters. The summed E-state index contributed by atoms with van der Waals surface area (Å²) in [6.45, 7) is 1.52. The number of benzene rings is 3. The summed E-state index contributed by atoms with van der Waals surface area (Å²) >= 11 is 7.41. The maximum Gasteiger partial charge on any atom is 0.262 e. The third-order valence-corrected chi connectivity index (χ3v) is 6.62. The van der Waals surface area contributed by atoms with Crippen molar-refractivity contribution in [3.8, 4) is 5.75 Å². The first-order valence-electron chi connectivity index (χ1n) is 9.22. The van der Waals surface area contributed by atoms with Crippen LogP contribution in [0.5, 0.6) is 5.75 Å². The number of carbonyl (C=O) groups is 1. The van der Waals surface area contributed by atoms with Gasteiger partial charge in [-0.2, -0.15) is 0 Å². The van der Waals surface area contributed by atoms with Gasteiger partial charge in [0.25, 0.3) is 15.9 Å². The molecule has 2 N–H and O–H groups in total. The maximum atomic E-state index is 12.6. The van der Waals surface area contributed by atoms with E-state index in [0.717, 1.165) is 4.90 Å². The fourth-order valence-electron chi connectivity index (χ4n) is 2.72. The minimum atomic E-state index is -3.77. The molecule has 162 valence electrons. The number of amides is 1. The average Bonchev–Trinajstić information content (AvgIpc) is 2.74. The molecule has 0 fully saturated rings. The van der Waals surface area contributed by atoms with Crippen LogP contribution in [0.3, 0.4) is 0 Å². The number of halogens is 1. The quantitative estimate of drug-likeness (QED) is 0.437. The molecule has 9 heteroatoms. The van der Waals surface area contributed by atoms with Gasteiger partial charge in [0.15, 0.2) is 6.61 Å². The Hall–Kier alpha value is -2.68. The molecule has 3 aromatic carbocycles. The molecule has 0 saturated heterocycles. The van der Waals surface area contributed by atoms with E-state index >= 15 is 0 Å². The molecule has 31 heavy (non-hydrogen) atoms. The predicted octanol–water partition coefficient (Wildman–Crippen LogP) is 5.19. The molecule has 6 nitrogen and oxygen atoms in total. The Bertz CT molecular complexity index is 1180. The number of ether oxygens (including phenoxy) is 1. The minimum absolute atomic E-state index is 0.0885. The lowest BCUT2D eigenvalue weighted by Gasteiger charge is -2.12. The molecule has 0 aliphatic rings. The monoisotopic (exact) mass is 476 g/mol. The summed E-state index contributed by atoms with van der Waals surface area (Å²) in [6, 6.07) is 18.3. The lowest BCUT2D eigenvalue weighted by molar-refractivity contribution is -0.118. The Morgan fingerprint density at radius 2 is 1.77 bits per heavy atom. The van der Waals surface area contributed by atoms with Gasteiger partial charge in [0, 0.05) is 21.3 Å². The van der Waals surface area contributed by atoms with E-state index in [2.05, 4.69) is 10.0 Å². The number of thioether (sulfide) groups is 1. The van der Waals surface area contributed by atoms with Gasteiger partial charge in [-0.1, -0.05) is 17.7 Å². The van der Waals surface area contributed by atoms with Crippen molar-refractivity contribution in [2.75, 3.05) is 22.9 Å². The van der Waals surface area contributed by atoms with Gasteiger partial charge in [-0.15, -0.1) is 11.8 Å². The highest BCUT2D eigenvalue weighted by atomic mass is 35.5. The van der Waals surface area contributed by atoms with E-state index in [-0.39, 0.29) is 17.4 Å². The van der Waals surface area contributed by atoms with Gasteiger partial charge in [0.1, 0.15) is 5.75 Å². The summed E-state index contributed by atoms with van der Waals surface area (Å²) in [4.78, 5) is 13.3. The van der Waals surface area contributed by atoms with Gasteiger partial charge < -0.3 is 10.1 Å². The van der Waals surface area contributed by atoms with Crippen LogP contribution < -0.4 is 14.8 Å². The highest BCUT2D eigenvalue weighted by Gasteiger charge is 2.16. The Kier molecular flexibility index (Phi) is 7.48. The van der Waals surface area contributed by atoms with Crippen molar-refractivity contribution in [1.29, 1.82) is 0 Å². The normalized spacial score (nSPS) is 11.1. The van der Waals surface area contributed by atoms with Crippen LogP contribution >= 0.6 is 23.4 Å². The van der Waals surface area contributed by atoms with Crippen molar-refractivity contribution in [2.45, 2.75) is 16.7 Å². The molecule has 0 spiro atoms. The Morgan fingerprint density at radius 3 is 2.45 bits per heavy atom. The number of carbonyl (C=O) groups excluding carboxylic acids is 1. The van der Waals surface area contributed by atoms with Crippen LogP contribution in [-0.4, -0.2) is 27.2 Å². The lowest BCUT2D eigenvalue weighted by atomic mass is 10.2. The number of hydrogen-bond donors (Lipinski definition) is 2. The zero-order valence-electron chi connectivity index (χ0n) is 16.9. The van der Waals surface area contributed by atoms with Crippen LogP contribution in [-0.2, 0) is 14.8 Å². The fraction of sp³-hybridized carbons (Fsp3) is 0.136. The molecule has 0 heterocycles. The average molecular weight is 477 g/mol. The maximum absolute atomic E-state index is 12.6. The van der Waals surface area contributed by atoms with Crippen molar-refractivity contribution >= 4 is 50.7 Å². The van der Waals surface area contributed by atoms with E-state index < -0.39 is 10.0 Å². The van der Waals surface area contributed by atoms with Gasteiger partial charge in [0.05, 0.1) is 4.90 Å². The first-order valence-corrected chi connectivity index (χ1v) is 12.3. The summed E-state index contributed by atoms with van der Waals surface area (Å²) in [7, 11) is -3.77. The van der Waals surface area contributed by atoms with E-state index in [1.54, 1.807) is 49.0 Å². The van der Waals surface area contributed by atoms with Gasteiger partial charge >= 0.3 is 0 Å². The van der Waals surface area contributed by atoms with Crippen LogP contribution in [0.4, 0.5) is 11.4 Å². The lowest BCUT2D eigenvalue weighted by Crippen LogP contribution is -2.20. The van der Waals surface area contributed by atoms with Crippen LogP contribution in [0.15, 0.2) is 76.5 Å². The zero-order valence-corrected chi connectivity index (χ0v) is 19.3. The number of sulfonamides is 1. The summed E-state index contributed by atoms with van der Waals surface area (Å²) in [5.41, 5.74) is 1.69. The molecule has 3 aromatic rings. The summed E-state index contributed by atoms with van der Waals surface area (Å²) < 4.78 is 33.3. The molecule has 0 bridgehead atoms. The number of anilines is 2. The van der Waals surface area contributed by atoms with Crippen LogP contribution in [0.2, 0.25) is 5.02 Å². The highest BCUT2D eigenvalue weighted by molar-refractivity contribution is 7.98. The van der Waals surface area contributed by atoms with E-state index in [4.69, 9.17) is 16.3 Å². The van der Waals surface area contributed by atoms with Gasteiger partial charge in [-0.3, -0.25) is 9.52 Å². The zero-order chi connectivity index (χ0) is 22.4. The second kappa shape index (κ2) is 10.1. The van der Waals surface area contributed by atoms with Crippen LogP contribution in [0, 0.1) is 6.92 Å². The second-order valence-electron chi connectivity index (χ2n) is 6.61. The third-order valence-electron chi connectivity index (χ3n) is 4.27. The minimum Gasteiger partial charge on any atom is -0.483 e. The van der Waals surface area contributed by atoms with Crippen molar-refractivity contribution in [3.63, 3.8) is 0 Å². The van der Waals surface area contributed by atoms with Crippen LogP contribution in [0.1, 0.15) is 5.56 Å². The Balaban J connectivity index is 1.63. The third kappa shape index (κ3) is 6.40. The second-order valence-corrected chi connectivity index (χ2v) is 9.61. The number of rotatable bonds is 8. The number of hydrogen-bond acceptors (Lipinski definition) is 5. The van der Waals surface area contributed by atoms with Gasteiger partial charge in [0.2, 0.25) is 0 Å². The first kappa shape index (κ1) is 23.0. The van der Waals surface area contributed by atoms with Crippen molar-refractivity contribution in [2.24, 2.45) is 0 Å². The molecule has 0 aromatic heterocycles. The van der Waals surface area contributed by atoms with Crippen molar-refractivity contribution in [3.05, 3.63) is 77.3 Å². The SMILES string of the molecule is CSc1cccc(NC(=O)COc2ccc(S(=O)(=O)Nc3ccc(Cl)cc3)cc2C)c1. The standard InChI is InChI=1S/C22H21ClN2O4S2/c1-15-12-20(31(27,28)25-17-8-6-16(23)7-9-17)10-11-21(15)29-14-22(26)24-18-4-3-5-19(13-18)30-2/h3-13,25H,14H2,1-2H3,(H,24,26). The van der Waals surface area contributed by atoms with Gasteiger partial charge in [-0.25, -0.2) is 8.42 Å². The molecule has 1 amide bonds. The van der Waals surface area contributed by atoms with E-state index in [9.17, 15) is 13.2 Å². The largest absolute Gasteiger partial charge is 0.483 e. The first-order chi connectivity index (χ1) is 14.8. The van der Waals surface area contributed by atoms with Crippen molar-refractivity contribution < 1.29 is 17.9 Å². The number of aryl methyl sites for hydroxylation is 1. The predicted molar refractivity (Wildman–Crippen MR) is 126 cm³/mol. The molecular weight excluding hydrogens is 456 g/mol. The topological polar surface area (TPSA) is 84.5 Å². The van der Waals surface area contributed by atoms with E-state index in [1.165, 1.54) is 18.2 Å². The molecule has 0 atom stereocenters. The molecule has 0 radical (unpaired) electrons. The van der Waals surface area contributed by atoms with E-state index in [1.807, 2.05) is 24.5 Å². The van der Waals surface area contributed by atoms with Crippen molar-refractivity contribution in [1.82, 2.24) is 0 Å². The summed E-state index contributed by atoms with van der Waals surface area (Å²) in [5, 5.41) is 3.30. The molecule has 0 aliphatic carbocycles. The molecule has 3 rings (SSSR count). The number of nitrogens with one attached hydrogen (secondary N) is 2. The molecular formula is C22H21ClN2O4S2. The molecule has 0 aliphatic heterocycles. The van der Waals surface area contributed by atoms with Crippen LogP contribution in [0.25, 0.3) is 0 Å². The summed E-state index contributed by atoms with van der Waals surface area (Å²) in [5.74, 6) is 0.122. The summed E-state index contributed by atoms with van der Waals surface area (Å²) in [6.07, 6.45) is 1.96. The fourth-order valence-corrected chi connectivity index (χ4v) is 4.45. The van der Waals surface area contributed by atoms with Gasteiger partial charge in [-0.05, 0) is 79.4 Å². The van der Waals surface area contributed by atoms with E-state index in [0.29, 0.717) is 27.7 Å².